The molecule has 0 bridgehead atoms. The normalized spacial score (nSPS) is 12.2. The molecule has 1 aromatic carbocycles. The fourth-order valence-corrected chi connectivity index (χ4v) is 1.50. The van der Waals surface area contributed by atoms with E-state index in [0.717, 1.165) is 5.56 Å². The van der Waals surface area contributed by atoms with Crippen molar-refractivity contribution >= 4 is 11.9 Å². The average molecular weight is 230 g/mol. The number of hydrogen-bond donors (Lipinski definition) is 0. The molecule has 4 nitrogen and oxygen atoms in total. The molecule has 1 aliphatic heterocycles. The van der Waals surface area contributed by atoms with Crippen molar-refractivity contribution in [3.8, 4) is 11.8 Å². The number of carbonyl (C=O) groups is 2. The molecule has 0 radical (unpaired) electrons. The van der Waals surface area contributed by atoms with E-state index < -0.39 is 5.97 Å². The zero-order chi connectivity index (χ0) is 12.3. The van der Waals surface area contributed by atoms with Crippen LogP contribution in [0.3, 0.4) is 0 Å². The van der Waals surface area contributed by atoms with Crippen molar-refractivity contribution in [2.24, 2.45) is 0 Å². The molecule has 1 heterocycles. The van der Waals surface area contributed by atoms with Gasteiger partial charge in [-0.1, -0.05) is 5.92 Å². The zero-order valence-electron chi connectivity index (χ0n) is 9.28. The molecule has 4 heteroatoms. The van der Waals surface area contributed by atoms with Gasteiger partial charge < -0.3 is 9.47 Å². The summed E-state index contributed by atoms with van der Waals surface area (Å²) in [6, 6.07) is 5.07. The largest absolute Gasteiger partial charge is 0.457 e. The lowest BCUT2D eigenvalue weighted by Gasteiger charge is -1.95. The van der Waals surface area contributed by atoms with Crippen molar-refractivity contribution in [1.29, 1.82) is 0 Å². The van der Waals surface area contributed by atoms with Crippen LogP contribution < -0.4 is 0 Å². The standard InChI is InChI=1S/C13H10O4/c1-2-16-12(14)6-4-9-3-5-11-10(7-9)8-17-13(11)15/h3,5,7H,2,8H2,1H3. The lowest BCUT2D eigenvalue weighted by atomic mass is 10.1. The van der Waals surface area contributed by atoms with Gasteiger partial charge in [-0.05, 0) is 25.1 Å². The lowest BCUT2D eigenvalue weighted by Crippen LogP contribution is -1.99. The smallest absolute Gasteiger partial charge is 0.384 e. The molecule has 1 aliphatic rings. The predicted octanol–water partition coefficient (Wildman–Crippen LogP) is 1.27. The molecule has 0 N–H and O–H groups in total. The molecule has 0 atom stereocenters. The minimum Gasteiger partial charge on any atom is -0.457 e. The second-order valence-electron chi connectivity index (χ2n) is 3.42. The molecule has 17 heavy (non-hydrogen) atoms. The highest BCUT2D eigenvalue weighted by atomic mass is 16.5. The van der Waals surface area contributed by atoms with Gasteiger partial charge in [0.25, 0.3) is 0 Å². The second kappa shape index (κ2) is 4.71. The third-order valence-corrected chi connectivity index (χ3v) is 2.27. The highest BCUT2D eigenvalue weighted by molar-refractivity contribution is 5.93. The molecule has 1 aromatic rings. The SMILES string of the molecule is CCOC(=O)C#Cc1ccc2c(c1)COC2=O. The number of fused-ring (bicyclic) bond motifs is 1. The van der Waals surface area contributed by atoms with Gasteiger partial charge in [0.1, 0.15) is 6.61 Å². The van der Waals surface area contributed by atoms with Gasteiger partial charge in [-0.15, -0.1) is 0 Å². The predicted molar refractivity (Wildman–Crippen MR) is 59.1 cm³/mol. The number of esters is 2. The number of cyclic esters (lactones) is 1. The number of ether oxygens (including phenoxy) is 2. The van der Waals surface area contributed by atoms with Crippen LogP contribution in [0.1, 0.15) is 28.4 Å². The summed E-state index contributed by atoms with van der Waals surface area (Å²) in [6.07, 6.45) is 0. The van der Waals surface area contributed by atoms with Crippen molar-refractivity contribution in [2.75, 3.05) is 6.61 Å². The van der Waals surface area contributed by atoms with Crippen LogP contribution >= 0.6 is 0 Å². The first-order chi connectivity index (χ1) is 8.20. The first-order valence-electron chi connectivity index (χ1n) is 5.19. The van der Waals surface area contributed by atoms with Gasteiger partial charge in [0.2, 0.25) is 0 Å². The summed E-state index contributed by atoms with van der Waals surface area (Å²) in [7, 11) is 0. The molecule has 0 saturated carbocycles. The van der Waals surface area contributed by atoms with Gasteiger partial charge in [0.05, 0.1) is 12.2 Å². The molecule has 0 amide bonds. The molecular formula is C13H10O4. The van der Waals surface area contributed by atoms with Gasteiger partial charge in [0, 0.05) is 17.0 Å². The van der Waals surface area contributed by atoms with E-state index in [2.05, 4.69) is 16.6 Å². The van der Waals surface area contributed by atoms with E-state index in [1.807, 2.05) is 0 Å². The summed E-state index contributed by atoms with van der Waals surface area (Å²) in [5, 5.41) is 0. The third-order valence-electron chi connectivity index (χ3n) is 2.27. The molecule has 0 spiro atoms. The zero-order valence-corrected chi connectivity index (χ0v) is 9.28. The Labute approximate surface area is 98.5 Å². The fourth-order valence-electron chi connectivity index (χ4n) is 1.50. The highest BCUT2D eigenvalue weighted by Gasteiger charge is 2.20. The Bertz CT molecular complexity index is 534. The first-order valence-corrected chi connectivity index (χ1v) is 5.19. The van der Waals surface area contributed by atoms with Crippen molar-refractivity contribution in [3.05, 3.63) is 34.9 Å². The average Bonchev–Trinajstić information content (AvgIpc) is 2.69. The van der Waals surface area contributed by atoms with Crippen LogP contribution in [0.4, 0.5) is 0 Å². The molecule has 86 valence electrons. The Morgan fingerprint density at radius 3 is 3.12 bits per heavy atom. The van der Waals surface area contributed by atoms with Crippen molar-refractivity contribution in [3.63, 3.8) is 0 Å². The third kappa shape index (κ3) is 2.45. The van der Waals surface area contributed by atoms with E-state index in [9.17, 15) is 9.59 Å². The molecule has 2 rings (SSSR count). The highest BCUT2D eigenvalue weighted by Crippen LogP contribution is 2.20. The van der Waals surface area contributed by atoms with Crippen molar-refractivity contribution < 1.29 is 19.1 Å². The van der Waals surface area contributed by atoms with Gasteiger partial charge in [-0.25, -0.2) is 9.59 Å². The monoisotopic (exact) mass is 230 g/mol. The number of rotatable bonds is 1. The Hall–Kier alpha value is -2.28. The number of carbonyl (C=O) groups excluding carboxylic acids is 2. The van der Waals surface area contributed by atoms with Gasteiger partial charge >= 0.3 is 11.9 Å². The summed E-state index contributed by atoms with van der Waals surface area (Å²) in [4.78, 5) is 22.2. The van der Waals surface area contributed by atoms with E-state index >= 15 is 0 Å². The quantitative estimate of drug-likeness (QED) is 0.538. The van der Waals surface area contributed by atoms with E-state index in [-0.39, 0.29) is 12.6 Å². The summed E-state index contributed by atoms with van der Waals surface area (Å²) in [5.74, 6) is 4.18. The topological polar surface area (TPSA) is 52.6 Å². The van der Waals surface area contributed by atoms with Crippen LogP contribution in [0, 0.1) is 11.8 Å². The van der Waals surface area contributed by atoms with E-state index in [4.69, 9.17) is 4.74 Å². The van der Waals surface area contributed by atoms with Crippen LogP contribution in [-0.2, 0) is 20.9 Å². The summed E-state index contributed by atoms with van der Waals surface area (Å²) in [5.41, 5.74) is 2.02. The molecule has 0 aromatic heterocycles. The maximum Gasteiger partial charge on any atom is 0.384 e. The summed E-state index contributed by atoms with van der Waals surface area (Å²) >= 11 is 0. The van der Waals surface area contributed by atoms with Crippen molar-refractivity contribution in [2.45, 2.75) is 13.5 Å². The van der Waals surface area contributed by atoms with Gasteiger partial charge in [0.15, 0.2) is 0 Å². The van der Waals surface area contributed by atoms with Gasteiger partial charge in [-0.3, -0.25) is 0 Å². The van der Waals surface area contributed by atoms with Crippen LogP contribution in [0.2, 0.25) is 0 Å². The van der Waals surface area contributed by atoms with Crippen LogP contribution in [0.25, 0.3) is 0 Å². The number of hydrogen-bond acceptors (Lipinski definition) is 4. The lowest BCUT2D eigenvalue weighted by molar-refractivity contribution is -0.136. The second-order valence-corrected chi connectivity index (χ2v) is 3.42. The first kappa shape index (κ1) is 11.2. The minimum atomic E-state index is -0.555. The van der Waals surface area contributed by atoms with E-state index in [1.54, 1.807) is 25.1 Å². The molecule has 0 fully saturated rings. The maximum absolute atomic E-state index is 11.2. The Morgan fingerprint density at radius 1 is 1.53 bits per heavy atom. The van der Waals surface area contributed by atoms with Crippen LogP contribution in [0.15, 0.2) is 18.2 Å². The summed E-state index contributed by atoms with van der Waals surface area (Å²) < 4.78 is 9.55. The molecule has 0 saturated heterocycles. The van der Waals surface area contributed by atoms with E-state index in [0.29, 0.717) is 17.7 Å². The van der Waals surface area contributed by atoms with Crippen LogP contribution in [0.5, 0.6) is 0 Å². The maximum atomic E-state index is 11.2. The summed E-state index contributed by atoms with van der Waals surface area (Å²) in [6.45, 7) is 2.29. The molecular weight excluding hydrogens is 220 g/mol. The van der Waals surface area contributed by atoms with Crippen molar-refractivity contribution in [1.82, 2.24) is 0 Å². The fraction of sp³-hybridized carbons (Fsp3) is 0.231. The number of benzene rings is 1. The Morgan fingerprint density at radius 2 is 2.35 bits per heavy atom. The minimum absolute atomic E-state index is 0.267. The van der Waals surface area contributed by atoms with Gasteiger partial charge in [-0.2, -0.15) is 0 Å². The Balaban J connectivity index is 2.19. The van der Waals surface area contributed by atoms with Crippen LogP contribution in [-0.4, -0.2) is 18.5 Å². The molecule has 0 unspecified atom stereocenters. The van der Waals surface area contributed by atoms with E-state index in [1.165, 1.54) is 0 Å². The Kier molecular flexibility index (Phi) is 3.10. The molecule has 0 aliphatic carbocycles.